The lowest BCUT2D eigenvalue weighted by Crippen LogP contribution is -2.42. The predicted molar refractivity (Wildman–Crippen MR) is 82.1 cm³/mol. The fourth-order valence-corrected chi connectivity index (χ4v) is 2.67. The number of carbonyl (C=O) groups excluding carboxylic acids is 1. The number of phenols is 1. The molecule has 0 saturated carbocycles. The highest BCUT2D eigenvalue weighted by atomic mass is 16.3. The van der Waals surface area contributed by atoms with Gasteiger partial charge in [0.2, 0.25) is 0 Å². The van der Waals surface area contributed by atoms with Gasteiger partial charge in [-0.1, -0.05) is 24.3 Å². The number of phenolic OH excluding ortho intramolecular Hbond substituents is 1. The Morgan fingerprint density at radius 1 is 0.950 bits per heavy atom. The second-order valence-electron chi connectivity index (χ2n) is 5.58. The normalized spacial score (nSPS) is 11.3. The molecule has 0 aliphatic carbocycles. The number of hydrogen-bond acceptors (Lipinski definition) is 2. The Morgan fingerprint density at radius 2 is 1.50 bits per heavy atom. The van der Waals surface area contributed by atoms with Gasteiger partial charge in [-0.3, -0.25) is 4.79 Å². The molecule has 0 aromatic heterocycles. The second kappa shape index (κ2) is 5.53. The first-order valence-corrected chi connectivity index (χ1v) is 6.97. The summed E-state index contributed by atoms with van der Waals surface area (Å²) in [6.45, 7) is 8.06. The lowest BCUT2D eigenvalue weighted by molar-refractivity contribution is 0.0646. The van der Waals surface area contributed by atoms with Gasteiger partial charge in [-0.25, -0.2) is 0 Å². The number of carbonyl (C=O) groups is 1. The van der Waals surface area contributed by atoms with Gasteiger partial charge in [0.05, 0.1) is 0 Å². The van der Waals surface area contributed by atoms with E-state index < -0.39 is 0 Å². The number of fused-ring (bicyclic) bond motifs is 1. The Kier molecular flexibility index (Phi) is 3.98. The van der Waals surface area contributed by atoms with Crippen molar-refractivity contribution in [2.24, 2.45) is 0 Å². The molecule has 0 atom stereocenters. The monoisotopic (exact) mass is 271 g/mol. The Morgan fingerprint density at radius 3 is 2.05 bits per heavy atom. The molecule has 3 nitrogen and oxygen atoms in total. The van der Waals surface area contributed by atoms with E-state index in [1.165, 1.54) is 0 Å². The van der Waals surface area contributed by atoms with E-state index in [9.17, 15) is 9.90 Å². The van der Waals surface area contributed by atoms with E-state index in [2.05, 4.69) is 0 Å². The lowest BCUT2D eigenvalue weighted by atomic mass is 10.0. The second-order valence-corrected chi connectivity index (χ2v) is 5.58. The minimum Gasteiger partial charge on any atom is -0.507 e. The summed E-state index contributed by atoms with van der Waals surface area (Å²) in [5.74, 6) is 0.212. The van der Waals surface area contributed by atoms with Crippen LogP contribution in [0.2, 0.25) is 0 Å². The minimum atomic E-state index is 0.00574. The maximum atomic E-state index is 12.8. The van der Waals surface area contributed by atoms with Gasteiger partial charge in [-0.2, -0.15) is 0 Å². The zero-order chi connectivity index (χ0) is 14.9. The maximum absolute atomic E-state index is 12.8. The van der Waals surface area contributed by atoms with E-state index in [-0.39, 0.29) is 23.7 Å². The van der Waals surface area contributed by atoms with Crippen LogP contribution < -0.4 is 0 Å². The van der Waals surface area contributed by atoms with Gasteiger partial charge in [0, 0.05) is 23.0 Å². The summed E-state index contributed by atoms with van der Waals surface area (Å²) in [6, 6.07) is 11.0. The Hall–Kier alpha value is -2.03. The number of nitrogens with zero attached hydrogens (tertiary/aromatic N) is 1. The van der Waals surface area contributed by atoms with Crippen molar-refractivity contribution < 1.29 is 9.90 Å². The van der Waals surface area contributed by atoms with Gasteiger partial charge in [-0.05, 0) is 45.2 Å². The SMILES string of the molecule is CC(C)N(C(=O)c1ccc(O)c2ccccc12)C(C)C. The van der Waals surface area contributed by atoms with Crippen molar-refractivity contribution in [3.05, 3.63) is 42.0 Å². The van der Waals surface area contributed by atoms with Crippen molar-refractivity contribution >= 4 is 16.7 Å². The number of amides is 1. The van der Waals surface area contributed by atoms with Crippen LogP contribution in [0.15, 0.2) is 36.4 Å². The van der Waals surface area contributed by atoms with E-state index in [1.54, 1.807) is 12.1 Å². The molecule has 0 spiro atoms. The molecule has 2 aromatic rings. The average molecular weight is 271 g/mol. The number of rotatable bonds is 3. The van der Waals surface area contributed by atoms with Crippen LogP contribution in [-0.2, 0) is 0 Å². The molecule has 0 fully saturated rings. The highest BCUT2D eigenvalue weighted by Gasteiger charge is 2.23. The molecule has 0 heterocycles. The summed E-state index contributed by atoms with van der Waals surface area (Å²) in [7, 11) is 0. The zero-order valence-electron chi connectivity index (χ0n) is 12.4. The molecular weight excluding hydrogens is 250 g/mol. The van der Waals surface area contributed by atoms with Crippen LogP contribution in [0.25, 0.3) is 10.8 Å². The first-order valence-electron chi connectivity index (χ1n) is 6.97. The molecule has 106 valence electrons. The summed E-state index contributed by atoms with van der Waals surface area (Å²) >= 11 is 0. The fourth-order valence-electron chi connectivity index (χ4n) is 2.67. The maximum Gasteiger partial charge on any atom is 0.254 e. The molecule has 2 rings (SSSR count). The van der Waals surface area contributed by atoms with Gasteiger partial charge >= 0.3 is 0 Å². The molecule has 0 saturated heterocycles. The number of benzene rings is 2. The quantitative estimate of drug-likeness (QED) is 0.922. The molecule has 3 heteroatoms. The van der Waals surface area contributed by atoms with Crippen molar-refractivity contribution in [2.75, 3.05) is 0 Å². The van der Waals surface area contributed by atoms with Crippen LogP contribution in [0.5, 0.6) is 5.75 Å². The summed E-state index contributed by atoms with van der Waals surface area (Å²) in [6.07, 6.45) is 0. The zero-order valence-corrected chi connectivity index (χ0v) is 12.4. The fraction of sp³-hybridized carbons (Fsp3) is 0.353. The topological polar surface area (TPSA) is 40.5 Å². The molecular formula is C17H21NO2. The molecule has 0 aliphatic rings. The van der Waals surface area contributed by atoms with Crippen molar-refractivity contribution in [1.29, 1.82) is 0 Å². The van der Waals surface area contributed by atoms with Crippen molar-refractivity contribution in [2.45, 2.75) is 39.8 Å². The standard InChI is InChI=1S/C17H21NO2/c1-11(2)18(12(3)4)17(20)15-9-10-16(19)14-8-6-5-7-13(14)15/h5-12,19H,1-4H3. The van der Waals surface area contributed by atoms with E-state index in [1.807, 2.05) is 56.9 Å². The summed E-state index contributed by atoms with van der Waals surface area (Å²) in [5.41, 5.74) is 0.640. The van der Waals surface area contributed by atoms with Crippen LogP contribution >= 0.6 is 0 Å². The van der Waals surface area contributed by atoms with Crippen LogP contribution in [-0.4, -0.2) is 28.0 Å². The van der Waals surface area contributed by atoms with Gasteiger partial charge in [0.1, 0.15) is 5.75 Å². The van der Waals surface area contributed by atoms with Crippen molar-refractivity contribution in [1.82, 2.24) is 4.90 Å². The third-order valence-corrected chi connectivity index (χ3v) is 3.48. The Bertz CT molecular complexity index is 624. The molecule has 0 bridgehead atoms. The van der Waals surface area contributed by atoms with Crippen LogP contribution in [0.1, 0.15) is 38.1 Å². The third kappa shape index (κ3) is 2.48. The number of hydrogen-bond donors (Lipinski definition) is 1. The van der Waals surface area contributed by atoms with Gasteiger partial charge < -0.3 is 10.0 Å². The summed E-state index contributed by atoms with van der Waals surface area (Å²) < 4.78 is 0. The smallest absolute Gasteiger partial charge is 0.254 e. The van der Waals surface area contributed by atoms with E-state index in [0.717, 1.165) is 5.39 Å². The average Bonchev–Trinajstić information content (AvgIpc) is 2.38. The third-order valence-electron chi connectivity index (χ3n) is 3.48. The molecule has 0 radical (unpaired) electrons. The van der Waals surface area contributed by atoms with Gasteiger partial charge in [0.25, 0.3) is 5.91 Å². The molecule has 2 aromatic carbocycles. The van der Waals surface area contributed by atoms with Gasteiger partial charge in [0.15, 0.2) is 0 Å². The highest BCUT2D eigenvalue weighted by molar-refractivity contribution is 6.08. The minimum absolute atomic E-state index is 0.00574. The molecule has 0 aliphatic heterocycles. The van der Waals surface area contributed by atoms with E-state index in [0.29, 0.717) is 10.9 Å². The molecule has 1 amide bonds. The van der Waals surface area contributed by atoms with Crippen molar-refractivity contribution in [3.8, 4) is 5.75 Å². The Labute approximate surface area is 119 Å². The number of aromatic hydroxyl groups is 1. The molecule has 1 N–H and O–H groups in total. The first kappa shape index (κ1) is 14.4. The molecule has 20 heavy (non-hydrogen) atoms. The van der Waals surface area contributed by atoms with Crippen LogP contribution in [0.3, 0.4) is 0 Å². The Balaban J connectivity index is 2.58. The van der Waals surface area contributed by atoms with E-state index in [4.69, 9.17) is 0 Å². The molecule has 0 unspecified atom stereocenters. The highest BCUT2D eigenvalue weighted by Crippen LogP contribution is 2.28. The summed E-state index contributed by atoms with van der Waals surface area (Å²) in [5, 5.41) is 11.4. The predicted octanol–water partition coefficient (Wildman–Crippen LogP) is 3.80. The van der Waals surface area contributed by atoms with Crippen LogP contribution in [0.4, 0.5) is 0 Å². The lowest BCUT2D eigenvalue weighted by Gasteiger charge is -2.31. The largest absolute Gasteiger partial charge is 0.507 e. The summed E-state index contributed by atoms with van der Waals surface area (Å²) in [4.78, 5) is 14.7. The first-order chi connectivity index (χ1) is 9.43. The van der Waals surface area contributed by atoms with E-state index >= 15 is 0 Å². The van der Waals surface area contributed by atoms with Crippen molar-refractivity contribution in [3.63, 3.8) is 0 Å². The van der Waals surface area contributed by atoms with Crippen LogP contribution in [0, 0.1) is 0 Å². The van der Waals surface area contributed by atoms with Gasteiger partial charge in [-0.15, -0.1) is 0 Å².